The van der Waals surface area contributed by atoms with E-state index in [9.17, 15) is 9.59 Å². The van der Waals surface area contributed by atoms with Crippen LogP contribution in [-0.2, 0) is 6.42 Å². The van der Waals surface area contributed by atoms with Crippen LogP contribution in [0.5, 0.6) is 0 Å². The van der Waals surface area contributed by atoms with E-state index in [4.69, 9.17) is 4.98 Å². The predicted octanol–water partition coefficient (Wildman–Crippen LogP) is 5.50. The molecule has 3 N–H and O–H groups in total. The van der Waals surface area contributed by atoms with Crippen molar-refractivity contribution in [2.24, 2.45) is 0 Å². The molecule has 9 nitrogen and oxygen atoms in total. The molecule has 3 aromatic heterocycles. The molecule has 0 bridgehead atoms. The lowest BCUT2D eigenvalue weighted by molar-refractivity contribution is 0.0908. The number of hydrogen-bond donors (Lipinski definition) is 3. The number of Topliss-reactive ketones (excluding diaryl/α,β-unsaturated/α-hetero) is 1. The molecule has 1 unspecified atom stereocenters. The van der Waals surface area contributed by atoms with Crippen molar-refractivity contribution in [2.45, 2.75) is 44.7 Å². The molecule has 0 radical (unpaired) electrons. The van der Waals surface area contributed by atoms with E-state index in [-0.39, 0.29) is 11.3 Å². The summed E-state index contributed by atoms with van der Waals surface area (Å²) in [6.45, 7) is 4.01. The van der Waals surface area contributed by atoms with Crippen LogP contribution in [0.25, 0.3) is 22.3 Å². The summed E-state index contributed by atoms with van der Waals surface area (Å²) in [6.07, 6.45) is 5.13. The van der Waals surface area contributed by atoms with Crippen LogP contribution in [0.1, 0.15) is 46.1 Å². The molecule has 4 heterocycles. The first-order valence-electron chi connectivity index (χ1n) is 14.3. The number of anilines is 3. The molecule has 2 aromatic carbocycles. The zero-order chi connectivity index (χ0) is 28.6. The number of carbonyl (C=O) groups is 1. The van der Waals surface area contributed by atoms with E-state index in [1.807, 2.05) is 55.5 Å². The molecule has 0 saturated carbocycles. The maximum absolute atomic E-state index is 14.1. The van der Waals surface area contributed by atoms with Crippen molar-refractivity contribution in [3.05, 3.63) is 92.7 Å². The zero-order valence-corrected chi connectivity index (χ0v) is 24.1. The molecule has 1 aliphatic carbocycles. The summed E-state index contributed by atoms with van der Waals surface area (Å²) in [7, 11) is 0. The van der Waals surface area contributed by atoms with Crippen LogP contribution in [-0.4, -0.2) is 44.4 Å². The highest BCUT2D eigenvalue weighted by atomic mass is 32.1. The standard InChI is InChI=1S/C32H31N7O2S/c1-19-28(35-18-42-19)26-16-21-17-34-32(37-23-9-7-22(8-10-23)36-24-12-14-33-15-13-24)38-30(21)39(31(26)41)27-11-6-20-4-2-3-5-25(20)29(27)40/h2-5,7-10,16-18,24,27,33,36H,6,11-15H2,1H3,(H,34,37,38). The minimum absolute atomic E-state index is 0.0719. The molecule has 2 aliphatic rings. The number of aryl methyl sites for hydroxylation is 2. The lowest BCUT2D eigenvalue weighted by Crippen LogP contribution is -2.35. The summed E-state index contributed by atoms with van der Waals surface area (Å²) in [5.74, 6) is 0.285. The van der Waals surface area contributed by atoms with Gasteiger partial charge in [-0.1, -0.05) is 24.3 Å². The van der Waals surface area contributed by atoms with Crippen molar-refractivity contribution in [3.8, 4) is 11.3 Å². The number of rotatable bonds is 6. The number of piperidine rings is 1. The van der Waals surface area contributed by atoms with E-state index in [1.165, 1.54) is 11.3 Å². The number of aromatic nitrogens is 4. The van der Waals surface area contributed by atoms with Gasteiger partial charge in [0.1, 0.15) is 11.7 Å². The van der Waals surface area contributed by atoms with Crippen LogP contribution in [0.2, 0.25) is 0 Å². The third-order valence-electron chi connectivity index (χ3n) is 8.21. The Balaban J connectivity index is 1.26. The first kappa shape index (κ1) is 26.5. The zero-order valence-electron chi connectivity index (χ0n) is 23.3. The second-order valence-electron chi connectivity index (χ2n) is 10.9. The number of carbonyl (C=O) groups excluding carboxylic acids is 1. The Morgan fingerprint density at radius 1 is 0.952 bits per heavy atom. The molecule has 42 heavy (non-hydrogen) atoms. The lowest BCUT2D eigenvalue weighted by Gasteiger charge is -2.26. The maximum Gasteiger partial charge on any atom is 0.262 e. The molecule has 10 heteroatoms. The SMILES string of the molecule is Cc1scnc1-c1cc2cnc(Nc3ccc(NC4CCNCC4)cc3)nc2n(C2CCc3ccccc3C2=O)c1=O. The summed E-state index contributed by atoms with van der Waals surface area (Å²) in [5, 5.41) is 11.0. The van der Waals surface area contributed by atoms with Gasteiger partial charge < -0.3 is 16.0 Å². The van der Waals surface area contributed by atoms with Gasteiger partial charge in [-0.2, -0.15) is 4.98 Å². The first-order chi connectivity index (χ1) is 20.5. The number of nitrogens with zero attached hydrogens (tertiary/aromatic N) is 4. The summed E-state index contributed by atoms with van der Waals surface area (Å²) >= 11 is 1.49. The summed E-state index contributed by atoms with van der Waals surface area (Å²) in [5.41, 5.74) is 6.55. The first-order valence-corrected chi connectivity index (χ1v) is 15.2. The van der Waals surface area contributed by atoms with Crippen LogP contribution in [0.3, 0.4) is 0 Å². The Labute approximate surface area is 247 Å². The van der Waals surface area contributed by atoms with E-state index in [2.05, 4.69) is 25.9 Å². The third kappa shape index (κ3) is 4.97. The van der Waals surface area contributed by atoms with Crippen molar-refractivity contribution in [1.82, 2.24) is 24.8 Å². The summed E-state index contributed by atoms with van der Waals surface area (Å²) < 4.78 is 1.57. The number of benzene rings is 2. The third-order valence-corrected chi connectivity index (χ3v) is 8.97. The second kappa shape index (κ2) is 11.1. The largest absolute Gasteiger partial charge is 0.382 e. The predicted molar refractivity (Wildman–Crippen MR) is 167 cm³/mol. The average molecular weight is 578 g/mol. The van der Waals surface area contributed by atoms with Gasteiger partial charge in [0.15, 0.2) is 5.78 Å². The number of fused-ring (bicyclic) bond motifs is 2. The number of nitrogens with one attached hydrogen (secondary N) is 3. The molecule has 0 spiro atoms. The molecule has 0 amide bonds. The number of pyridine rings is 1. The smallest absolute Gasteiger partial charge is 0.262 e. The van der Waals surface area contributed by atoms with Crippen molar-refractivity contribution >= 4 is 45.5 Å². The molecule has 1 saturated heterocycles. The number of ketones is 1. The quantitative estimate of drug-likeness (QED) is 0.242. The fourth-order valence-electron chi connectivity index (χ4n) is 6.01. The highest BCUT2D eigenvalue weighted by Gasteiger charge is 2.32. The topological polar surface area (TPSA) is 114 Å². The van der Waals surface area contributed by atoms with Gasteiger partial charge in [-0.25, -0.2) is 9.97 Å². The molecule has 7 rings (SSSR count). The van der Waals surface area contributed by atoms with E-state index < -0.39 is 6.04 Å². The van der Waals surface area contributed by atoms with Gasteiger partial charge in [0, 0.05) is 39.4 Å². The number of thiazole rings is 1. The van der Waals surface area contributed by atoms with Crippen LogP contribution in [0, 0.1) is 6.92 Å². The normalized spacial score (nSPS) is 17.3. The molecule has 1 fully saturated rings. The van der Waals surface area contributed by atoms with E-state index in [0.29, 0.717) is 52.7 Å². The van der Waals surface area contributed by atoms with Crippen molar-refractivity contribution in [1.29, 1.82) is 0 Å². The minimum Gasteiger partial charge on any atom is -0.382 e. The molecule has 1 atom stereocenters. The van der Waals surface area contributed by atoms with Gasteiger partial charge in [0.05, 0.1) is 16.8 Å². The summed E-state index contributed by atoms with van der Waals surface area (Å²) in [6, 6.07) is 17.3. The molecule has 212 valence electrons. The minimum atomic E-state index is -0.670. The van der Waals surface area contributed by atoms with Crippen molar-refractivity contribution in [3.63, 3.8) is 0 Å². The van der Waals surface area contributed by atoms with Crippen LogP contribution in [0.15, 0.2) is 71.1 Å². The lowest BCUT2D eigenvalue weighted by atomic mass is 9.87. The molecule has 5 aromatic rings. The second-order valence-corrected chi connectivity index (χ2v) is 12.0. The van der Waals surface area contributed by atoms with Crippen LogP contribution >= 0.6 is 11.3 Å². The summed E-state index contributed by atoms with van der Waals surface area (Å²) in [4.78, 5) is 42.7. The van der Waals surface area contributed by atoms with Gasteiger partial charge in [-0.3, -0.25) is 14.2 Å². The highest BCUT2D eigenvalue weighted by Crippen LogP contribution is 2.32. The monoisotopic (exact) mass is 577 g/mol. The maximum atomic E-state index is 14.1. The van der Waals surface area contributed by atoms with Crippen LogP contribution in [0.4, 0.5) is 17.3 Å². The highest BCUT2D eigenvalue weighted by molar-refractivity contribution is 7.10. The van der Waals surface area contributed by atoms with Gasteiger partial charge in [0.25, 0.3) is 5.56 Å². The Morgan fingerprint density at radius 3 is 2.52 bits per heavy atom. The average Bonchev–Trinajstić information content (AvgIpc) is 3.45. The van der Waals surface area contributed by atoms with E-state index in [0.717, 1.165) is 47.7 Å². The van der Waals surface area contributed by atoms with Gasteiger partial charge in [0.2, 0.25) is 5.95 Å². The Hall–Kier alpha value is -4.41. The van der Waals surface area contributed by atoms with Crippen molar-refractivity contribution in [2.75, 3.05) is 23.7 Å². The molecular weight excluding hydrogens is 546 g/mol. The number of hydrogen-bond acceptors (Lipinski definition) is 9. The molecular formula is C32H31N7O2S. The van der Waals surface area contributed by atoms with E-state index in [1.54, 1.807) is 22.3 Å². The molecule has 1 aliphatic heterocycles. The Morgan fingerprint density at radius 2 is 1.74 bits per heavy atom. The van der Waals surface area contributed by atoms with Gasteiger partial charge in [-0.05, 0) is 81.6 Å². The Kier molecular flexibility index (Phi) is 7.01. The van der Waals surface area contributed by atoms with Gasteiger partial charge in [-0.15, -0.1) is 11.3 Å². The fraction of sp³-hybridized carbons (Fsp3) is 0.281. The van der Waals surface area contributed by atoms with E-state index >= 15 is 0 Å². The Bertz CT molecular complexity index is 1840. The van der Waals surface area contributed by atoms with Crippen molar-refractivity contribution < 1.29 is 4.79 Å². The van der Waals surface area contributed by atoms with Crippen LogP contribution < -0.4 is 21.5 Å². The van der Waals surface area contributed by atoms with Gasteiger partial charge >= 0.3 is 0 Å². The fourth-order valence-corrected chi connectivity index (χ4v) is 6.60.